The van der Waals surface area contributed by atoms with E-state index < -0.39 is 11.9 Å². The summed E-state index contributed by atoms with van der Waals surface area (Å²) < 4.78 is 11.1. The minimum Gasteiger partial charge on any atom is -0.462 e. The number of ether oxygens (including phenoxy) is 2. The number of rotatable bonds is 4. The number of hydrogen-bond donors (Lipinski definition) is 0. The fraction of sp³-hybridized carbons (Fsp3) is 0.500. The van der Waals surface area contributed by atoms with Crippen molar-refractivity contribution in [3.05, 3.63) is 30.0 Å². The van der Waals surface area contributed by atoms with E-state index in [1.54, 1.807) is 13.8 Å². The largest absolute Gasteiger partial charge is 0.462 e. The highest BCUT2D eigenvalue weighted by molar-refractivity contribution is 5.85. The van der Waals surface area contributed by atoms with Gasteiger partial charge in [0.05, 0.1) is 35.4 Å². The first-order valence-corrected chi connectivity index (χ1v) is 9.16. The Bertz CT molecular complexity index is 867. The molecule has 3 atom stereocenters. The number of morpholine rings is 1. The lowest BCUT2D eigenvalue weighted by Gasteiger charge is -2.37. The molecule has 3 rings (SSSR count). The summed E-state index contributed by atoms with van der Waals surface area (Å²) in [6.07, 6.45) is -0.287. The first-order chi connectivity index (χ1) is 12.9. The number of carbonyl (C=O) groups is 1. The van der Waals surface area contributed by atoms with Gasteiger partial charge in [-0.15, -0.1) is 0 Å². The third-order valence-electron chi connectivity index (χ3n) is 4.29. The second-order valence-electron chi connectivity index (χ2n) is 7.13. The van der Waals surface area contributed by atoms with Crippen LogP contribution in [0.2, 0.25) is 0 Å². The number of carbonyl (C=O) groups excluding carboxylic acids is 1. The molecule has 7 nitrogen and oxygen atoms in total. The fourth-order valence-electron chi connectivity index (χ4n) is 3.31. The van der Waals surface area contributed by atoms with Gasteiger partial charge in [0.2, 0.25) is 0 Å². The molecule has 7 heteroatoms. The normalized spacial score (nSPS) is 21.1. The molecule has 0 saturated carbocycles. The standard InChI is InChI=1S/C20H24N4O3/c1-12(2)26-20(25)15(9-21)18-19(24-10-13(3)27-14(4)11-24)23-17-8-6-5-7-16(17)22-18/h5-8,12-15H,10-11H2,1-4H3/t13-,14-,15-/m1/s1. The molecule has 1 aromatic carbocycles. The second-order valence-corrected chi connectivity index (χ2v) is 7.13. The van der Waals surface area contributed by atoms with E-state index >= 15 is 0 Å². The maximum Gasteiger partial charge on any atom is 0.329 e. The summed E-state index contributed by atoms with van der Waals surface area (Å²) >= 11 is 0. The number of aromatic nitrogens is 2. The van der Waals surface area contributed by atoms with E-state index in [1.807, 2.05) is 43.0 Å². The third kappa shape index (κ3) is 4.17. The topological polar surface area (TPSA) is 88.3 Å². The lowest BCUT2D eigenvalue weighted by atomic mass is 10.1. The zero-order valence-electron chi connectivity index (χ0n) is 16.0. The smallest absolute Gasteiger partial charge is 0.329 e. The van der Waals surface area contributed by atoms with Gasteiger partial charge in [-0.3, -0.25) is 4.79 Å². The minimum absolute atomic E-state index is 0.0121. The second kappa shape index (κ2) is 7.89. The van der Waals surface area contributed by atoms with Crippen molar-refractivity contribution in [2.75, 3.05) is 18.0 Å². The van der Waals surface area contributed by atoms with Gasteiger partial charge in [-0.25, -0.2) is 9.97 Å². The van der Waals surface area contributed by atoms with Crippen LogP contribution in [0.3, 0.4) is 0 Å². The van der Waals surface area contributed by atoms with Gasteiger partial charge in [-0.1, -0.05) is 12.1 Å². The number of anilines is 1. The lowest BCUT2D eigenvalue weighted by Crippen LogP contribution is -2.46. The Hall–Kier alpha value is -2.72. The highest BCUT2D eigenvalue weighted by atomic mass is 16.5. The Morgan fingerprint density at radius 3 is 2.37 bits per heavy atom. The zero-order chi connectivity index (χ0) is 19.6. The van der Waals surface area contributed by atoms with Crippen molar-refractivity contribution in [3.63, 3.8) is 0 Å². The molecular formula is C20H24N4O3. The molecule has 0 unspecified atom stereocenters. The number of para-hydroxylation sites is 2. The zero-order valence-corrected chi connectivity index (χ0v) is 16.0. The van der Waals surface area contributed by atoms with Crippen LogP contribution in [0, 0.1) is 11.3 Å². The Kier molecular flexibility index (Phi) is 5.57. The molecule has 27 heavy (non-hydrogen) atoms. The van der Waals surface area contributed by atoms with Gasteiger partial charge in [0.25, 0.3) is 0 Å². The summed E-state index contributed by atoms with van der Waals surface area (Å²) in [7, 11) is 0. The van der Waals surface area contributed by atoms with E-state index in [9.17, 15) is 10.1 Å². The summed E-state index contributed by atoms with van der Waals surface area (Å²) in [6.45, 7) is 8.72. The summed E-state index contributed by atoms with van der Waals surface area (Å²) in [4.78, 5) is 24.0. The van der Waals surface area contributed by atoms with E-state index in [-0.39, 0.29) is 18.3 Å². The molecule has 1 aliphatic heterocycles. The van der Waals surface area contributed by atoms with Crippen LogP contribution in [-0.4, -0.2) is 47.3 Å². The van der Waals surface area contributed by atoms with Crippen LogP contribution in [-0.2, 0) is 14.3 Å². The van der Waals surface area contributed by atoms with Gasteiger partial charge in [0, 0.05) is 13.1 Å². The van der Waals surface area contributed by atoms with E-state index in [2.05, 4.69) is 11.1 Å². The molecule has 1 fully saturated rings. The quantitative estimate of drug-likeness (QED) is 0.767. The van der Waals surface area contributed by atoms with Crippen LogP contribution in [0.5, 0.6) is 0 Å². The first-order valence-electron chi connectivity index (χ1n) is 9.16. The van der Waals surface area contributed by atoms with Crippen molar-refractivity contribution >= 4 is 22.8 Å². The summed E-state index contributed by atoms with van der Waals surface area (Å²) in [5.41, 5.74) is 1.70. The fourth-order valence-corrected chi connectivity index (χ4v) is 3.31. The van der Waals surface area contributed by atoms with Crippen molar-refractivity contribution in [2.24, 2.45) is 0 Å². The van der Waals surface area contributed by atoms with Crippen molar-refractivity contribution in [1.82, 2.24) is 9.97 Å². The number of nitrogens with zero attached hydrogens (tertiary/aromatic N) is 4. The van der Waals surface area contributed by atoms with E-state index in [0.29, 0.717) is 30.1 Å². The minimum atomic E-state index is -1.13. The molecule has 1 saturated heterocycles. The molecule has 0 aliphatic carbocycles. The van der Waals surface area contributed by atoms with Gasteiger partial charge in [-0.05, 0) is 39.8 Å². The summed E-state index contributed by atoms with van der Waals surface area (Å²) in [5, 5.41) is 9.70. The number of esters is 1. The van der Waals surface area contributed by atoms with Crippen LogP contribution in [0.4, 0.5) is 5.82 Å². The molecule has 0 radical (unpaired) electrons. The summed E-state index contributed by atoms with van der Waals surface area (Å²) in [5.74, 6) is -1.19. The highest BCUT2D eigenvalue weighted by Gasteiger charge is 2.33. The van der Waals surface area contributed by atoms with Crippen LogP contribution in [0.1, 0.15) is 39.3 Å². The van der Waals surface area contributed by atoms with Gasteiger partial charge in [-0.2, -0.15) is 5.26 Å². The van der Waals surface area contributed by atoms with Crippen molar-refractivity contribution in [3.8, 4) is 6.07 Å². The van der Waals surface area contributed by atoms with E-state index in [1.165, 1.54) is 0 Å². The van der Waals surface area contributed by atoms with Crippen LogP contribution in [0.15, 0.2) is 24.3 Å². The first kappa shape index (κ1) is 19.1. The Morgan fingerprint density at radius 2 is 1.81 bits per heavy atom. The molecule has 2 heterocycles. The molecule has 0 spiro atoms. The Labute approximate surface area is 158 Å². The maximum absolute atomic E-state index is 12.5. The van der Waals surface area contributed by atoms with Gasteiger partial charge >= 0.3 is 5.97 Å². The predicted octanol–water partition coefficient (Wildman–Crippen LogP) is 2.80. The molecule has 0 N–H and O–H groups in total. The molecule has 142 valence electrons. The molecule has 0 amide bonds. The van der Waals surface area contributed by atoms with Crippen LogP contribution < -0.4 is 4.90 Å². The van der Waals surface area contributed by atoms with E-state index in [4.69, 9.17) is 14.5 Å². The van der Waals surface area contributed by atoms with Crippen molar-refractivity contribution < 1.29 is 14.3 Å². The Balaban J connectivity index is 2.11. The lowest BCUT2D eigenvalue weighted by molar-refractivity contribution is -0.147. The molecule has 1 aromatic heterocycles. The molecule has 1 aliphatic rings. The molecule has 0 bridgehead atoms. The predicted molar refractivity (Wildman–Crippen MR) is 101 cm³/mol. The average Bonchev–Trinajstić information content (AvgIpc) is 2.60. The molecule has 2 aromatic rings. The Morgan fingerprint density at radius 1 is 1.22 bits per heavy atom. The SMILES string of the molecule is CC(C)OC(=O)[C@H](C#N)c1nc2ccccc2nc1N1C[C@@H](C)O[C@H](C)C1. The van der Waals surface area contributed by atoms with Gasteiger partial charge in [0.15, 0.2) is 11.7 Å². The molecular weight excluding hydrogens is 344 g/mol. The maximum atomic E-state index is 12.5. The average molecular weight is 368 g/mol. The van der Waals surface area contributed by atoms with E-state index in [0.717, 1.165) is 5.52 Å². The number of benzene rings is 1. The van der Waals surface area contributed by atoms with Crippen molar-refractivity contribution in [2.45, 2.75) is 51.9 Å². The van der Waals surface area contributed by atoms with Crippen LogP contribution in [0.25, 0.3) is 11.0 Å². The van der Waals surface area contributed by atoms with Crippen LogP contribution >= 0.6 is 0 Å². The monoisotopic (exact) mass is 368 g/mol. The number of fused-ring (bicyclic) bond motifs is 1. The van der Waals surface area contributed by atoms with Crippen molar-refractivity contribution in [1.29, 1.82) is 5.26 Å². The number of nitriles is 1. The highest BCUT2D eigenvalue weighted by Crippen LogP contribution is 2.30. The summed E-state index contributed by atoms with van der Waals surface area (Å²) in [6, 6.07) is 9.49. The van der Waals surface area contributed by atoms with Gasteiger partial charge < -0.3 is 14.4 Å². The third-order valence-corrected chi connectivity index (χ3v) is 4.29. The van der Waals surface area contributed by atoms with Gasteiger partial charge in [0.1, 0.15) is 5.69 Å². The number of hydrogen-bond acceptors (Lipinski definition) is 7.